The van der Waals surface area contributed by atoms with Gasteiger partial charge in [-0.2, -0.15) is 0 Å². The van der Waals surface area contributed by atoms with Crippen LogP contribution in [-0.2, 0) is 13.0 Å². The Balaban J connectivity index is 1.69. The van der Waals surface area contributed by atoms with Gasteiger partial charge in [-0.05, 0) is 54.8 Å². The zero-order chi connectivity index (χ0) is 15.8. The number of hydrogen-bond acceptors (Lipinski definition) is 3. The molecule has 0 aliphatic rings. The van der Waals surface area contributed by atoms with Crippen molar-refractivity contribution in [3.63, 3.8) is 0 Å². The first kappa shape index (κ1) is 16.0. The second-order valence-electron chi connectivity index (χ2n) is 5.13. The maximum absolute atomic E-state index is 10.8. The summed E-state index contributed by atoms with van der Waals surface area (Å²) >= 11 is 0. The van der Waals surface area contributed by atoms with E-state index < -0.39 is 5.97 Å². The molecule has 0 spiro atoms. The van der Waals surface area contributed by atoms with Crippen molar-refractivity contribution in [3.8, 4) is 5.75 Å². The molecule has 4 heteroatoms. The Morgan fingerprint density at radius 2 is 1.91 bits per heavy atom. The van der Waals surface area contributed by atoms with Crippen LogP contribution in [0.3, 0.4) is 0 Å². The highest BCUT2D eigenvalue weighted by atomic mass is 16.5. The highest BCUT2D eigenvalue weighted by Gasteiger charge is 2.01. The van der Waals surface area contributed by atoms with E-state index in [0.717, 1.165) is 37.2 Å². The molecule has 0 heterocycles. The van der Waals surface area contributed by atoms with E-state index >= 15 is 0 Å². The molecular weight excluding hydrogens is 278 g/mol. The monoisotopic (exact) mass is 299 g/mol. The molecule has 0 fully saturated rings. The largest absolute Gasteiger partial charge is 0.497 e. The first-order chi connectivity index (χ1) is 10.7. The third kappa shape index (κ3) is 4.90. The smallest absolute Gasteiger partial charge is 0.335 e. The van der Waals surface area contributed by atoms with Crippen LogP contribution < -0.4 is 10.1 Å². The van der Waals surface area contributed by atoms with Gasteiger partial charge in [-0.1, -0.05) is 24.3 Å². The molecule has 0 saturated carbocycles. The van der Waals surface area contributed by atoms with Crippen LogP contribution in [0.5, 0.6) is 5.75 Å². The summed E-state index contributed by atoms with van der Waals surface area (Å²) in [5.41, 5.74) is 2.68. The quantitative estimate of drug-likeness (QED) is 0.735. The van der Waals surface area contributed by atoms with Crippen molar-refractivity contribution in [2.24, 2.45) is 0 Å². The van der Waals surface area contributed by atoms with Gasteiger partial charge in [-0.15, -0.1) is 0 Å². The second-order valence-corrected chi connectivity index (χ2v) is 5.13. The maximum atomic E-state index is 10.8. The highest BCUT2D eigenvalue weighted by molar-refractivity contribution is 5.87. The lowest BCUT2D eigenvalue weighted by Crippen LogP contribution is -2.15. The number of aryl methyl sites for hydroxylation is 1. The molecule has 2 N–H and O–H groups in total. The molecule has 2 aromatic rings. The zero-order valence-electron chi connectivity index (χ0n) is 12.7. The number of carboxylic acid groups (broad SMARTS) is 1. The lowest BCUT2D eigenvalue weighted by atomic mass is 10.1. The molecular formula is C18H21NO3. The SMILES string of the molecule is COc1cccc(CCCNCc2ccc(C(=O)O)cc2)c1. The van der Waals surface area contributed by atoms with Crippen molar-refractivity contribution in [2.75, 3.05) is 13.7 Å². The van der Waals surface area contributed by atoms with Gasteiger partial charge in [-0.25, -0.2) is 4.79 Å². The summed E-state index contributed by atoms with van der Waals surface area (Å²) in [5.74, 6) is 0.00165. The molecule has 116 valence electrons. The van der Waals surface area contributed by atoms with Crippen LogP contribution in [0.1, 0.15) is 27.9 Å². The van der Waals surface area contributed by atoms with Crippen LogP contribution in [0.4, 0.5) is 0 Å². The summed E-state index contributed by atoms with van der Waals surface area (Å²) in [6, 6.07) is 15.1. The Bertz CT molecular complexity index is 608. The van der Waals surface area contributed by atoms with Gasteiger partial charge in [-0.3, -0.25) is 0 Å². The van der Waals surface area contributed by atoms with E-state index in [0.29, 0.717) is 5.56 Å². The highest BCUT2D eigenvalue weighted by Crippen LogP contribution is 2.13. The number of rotatable bonds is 8. The molecule has 2 rings (SSSR count). The number of nitrogens with one attached hydrogen (secondary N) is 1. The average molecular weight is 299 g/mol. The van der Waals surface area contributed by atoms with Crippen molar-refractivity contribution in [2.45, 2.75) is 19.4 Å². The van der Waals surface area contributed by atoms with Gasteiger partial charge < -0.3 is 15.2 Å². The van der Waals surface area contributed by atoms with Crippen LogP contribution in [0.15, 0.2) is 48.5 Å². The number of ether oxygens (including phenoxy) is 1. The van der Waals surface area contributed by atoms with E-state index in [1.165, 1.54) is 5.56 Å². The summed E-state index contributed by atoms with van der Waals surface area (Å²) in [7, 11) is 1.68. The van der Waals surface area contributed by atoms with Gasteiger partial charge in [0.2, 0.25) is 0 Å². The summed E-state index contributed by atoms with van der Waals surface area (Å²) in [6.45, 7) is 1.66. The Morgan fingerprint density at radius 1 is 1.14 bits per heavy atom. The van der Waals surface area contributed by atoms with E-state index in [1.54, 1.807) is 19.2 Å². The number of hydrogen-bond donors (Lipinski definition) is 2. The molecule has 22 heavy (non-hydrogen) atoms. The molecule has 0 radical (unpaired) electrons. The van der Waals surface area contributed by atoms with Crippen LogP contribution in [-0.4, -0.2) is 24.7 Å². The van der Waals surface area contributed by atoms with E-state index in [9.17, 15) is 4.79 Å². The first-order valence-corrected chi connectivity index (χ1v) is 7.35. The Kier molecular flexibility index (Phi) is 5.98. The maximum Gasteiger partial charge on any atom is 0.335 e. The van der Waals surface area contributed by atoms with Gasteiger partial charge in [0.05, 0.1) is 12.7 Å². The molecule has 0 amide bonds. The molecule has 0 atom stereocenters. The molecule has 4 nitrogen and oxygen atoms in total. The fourth-order valence-electron chi connectivity index (χ4n) is 2.24. The minimum Gasteiger partial charge on any atom is -0.497 e. The average Bonchev–Trinajstić information content (AvgIpc) is 2.55. The minimum atomic E-state index is -0.891. The number of benzene rings is 2. The number of aromatic carboxylic acids is 1. The topological polar surface area (TPSA) is 58.6 Å². The van der Waals surface area contributed by atoms with Crippen molar-refractivity contribution in [1.82, 2.24) is 5.32 Å². The Labute approximate surface area is 130 Å². The van der Waals surface area contributed by atoms with Crippen molar-refractivity contribution >= 4 is 5.97 Å². The molecule has 0 saturated heterocycles. The lowest BCUT2D eigenvalue weighted by Gasteiger charge is -2.07. The normalized spacial score (nSPS) is 10.4. The number of carbonyl (C=O) groups is 1. The number of carboxylic acids is 1. The van der Waals surface area contributed by atoms with Gasteiger partial charge in [0.15, 0.2) is 0 Å². The van der Waals surface area contributed by atoms with Crippen molar-refractivity contribution < 1.29 is 14.6 Å². The van der Waals surface area contributed by atoms with E-state index in [2.05, 4.69) is 17.4 Å². The molecule has 0 aliphatic heterocycles. The van der Waals surface area contributed by atoms with Crippen molar-refractivity contribution in [3.05, 3.63) is 65.2 Å². The number of methoxy groups -OCH3 is 1. The van der Waals surface area contributed by atoms with Crippen LogP contribution in [0, 0.1) is 0 Å². The molecule has 0 unspecified atom stereocenters. The summed E-state index contributed by atoms with van der Waals surface area (Å²) < 4.78 is 5.21. The second kappa shape index (κ2) is 8.20. The van der Waals surface area contributed by atoms with Gasteiger partial charge in [0.1, 0.15) is 5.75 Å². The fourth-order valence-corrected chi connectivity index (χ4v) is 2.24. The zero-order valence-corrected chi connectivity index (χ0v) is 12.7. The third-order valence-electron chi connectivity index (χ3n) is 3.48. The van der Waals surface area contributed by atoms with Gasteiger partial charge in [0.25, 0.3) is 0 Å². The molecule has 2 aromatic carbocycles. The standard InChI is InChI=1S/C18H21NO3/c1-22-17-6-2-4-14(12-17)5-3-11-19-13-15-7-9-16(10-8-15)18(20)21/h2,4,6-10,12,19H,3,5,11,13H2,1H3,(H,20,21). The van der Waals surface area contributed by atoms with E-state index in [-0.39, 0.29) is 0 Å². The predicted octanol–water partition coefficient (Wildman–Crippen LogP) is 3.12. The summed E-state index contributed by atoms with van der Waals surface area (Å²) in [6.07, 6.45) is 2.04. The molecule has 0 aromatic heterocycles. The Morgan fingerprint density at radius 3 is 2.59 bits per heavy atom. The third-order valence-corrected chi connectivity index (χ3v) is 3.48. The van der Waals surface area contributed by atoms with E-state index in [1.807, 2.05) is 24.3 Å². The van der Waals surface area contributed by atoms with Gasteiger partial charge in [0, 0.05) is 6.54 Å². The minimum absolute atomic E-state index is 0.321. The lowest BCUT2D eigenvalue weighted by molar-refractivity contribution is 0.0697. The van der Waals surface area contributed by atoms with E-state index in [4.69, 9.17) is 9.84 Å². The summed E-state index contributed by atoms with van der Waals surface area (Å²) in [5, 5.41) is 12.2. The first-order valence-electron chi connectivity index (χ1n) is 7.35. The molecule has 0 aliphatic carbocycles. The molecule has 0 bridgehead atoms. The summed E-state index contributed by atoms with van der Waals surface area (Å²) in [4.78, 5) is 10.8. The van der Waals surface area contributed by atoms with Crippen LogP contribution in [0.25, 0.3) is 0 Å². The van der Waals surface area contributed by atoms with Crippen LogP contribution in [0.2, 0.25) is 0 Å². The predicted molar refractivity (Wildman–Crippen MR) is 86.4 cm³/mol. The van der Waals surface area contributed by atoms with Crippen molar-refractivity contribution in [1.29, 1.82) is 0 Å². The van der Waals surface area contributed by atoms with Gasteiger partial charge >= 0.3 is 5.97 Å². The Hall–Kier alpha value is -2.33. The fraction of sp³-hybridized carbons (Fsp3) is 0.278. The van der Waals surface area contributed by atoms with Crippen LogP contribution >= 0.6 is 0 Å².